The van der Waals surface area contributed by atoms with Crippen molar-refractivity contribution in [3.63, 3.8) is 0 Å². The minimum absolute atomic E-state index is 0.0613. The molecule has 1 aromatic heterocycles. The van der Waals surface area contributed by atoms with Crippen molar-refractivity contribution in [2.75, 3.05) is 32.8 Å². The third-order valence-corrected chi connectivity index (χ3v) is 4.91. The summed E-state index contributed by atoms with van der Waals surface area (Å²) in [5.41, 5.74) is 0. The molecule has 1 aliphatic heterocycles. The van der Waals surface area contributed by atoms with Crippen LogP contribution < -0.4 is 10.1 Å². The Labute approximate surface area is 126 Å². The fraction of sp³-hybridized carbons (Fsp3) is 0.583. The van der Waals surface area contributed by atoms with Gasteiger partial charge in [-0.05, 0) is 19.0 Å². The van der Waals surface area contributed by atoms with Gasteiger partial charge in [0.1, 0.15) is 4.90 Å². The summed E-state index contributed by atoms with van der Waals surface area (Å²) in [6, 6.07) is 2.32. The van der Waals surface area contributed by atoms with Gasteiger partial charge in [0.05, 0.1) is 6.20 Å². The first-order valence-corrected chi connectivity index (χ1v) is 8.09. The average Bonchev–Trinajstić information content (AvgIpc) is 2.74. The van der Waals surface area contributed by atoms with Crippen LogP contribution in [0.4, 0.5) is 13.2 Å². The van der Waals surface area contributed by atoms with Gasteiger partial charge in [-0.2, -0.15) is 17.5 Å². The van der Waals surface area contributed by atoms with E-state index in [-0.39, 0.29) is 10.8 Å². The molecule has 0 unspecified atom stereocenters. The van der Waals surface area contributed by atoms with Crippen molar-refractivity contribution in [1.29, 1.82) is 0 Å². The van der Waals surface area contributed by atoms with Crippen molar-refractivity contribution >= 4 is 10.0 Å². The molecule has 22 heavy (non-hydrogen) atoms. The maximum Gasteiger partial charge on any atom is 0.422 e. The predicted molar refractivity (Wildman–Crippen MR) is 72.0 cm³/mol. The molecule has 0 bridgehead atoms. The zero-order valence-corrected chi connectivity index (χ0v) is 12.5. The molecule has 0 aliphatic carbocycles. The van der Waals surface area contributed by atoms with E-state index < -0.39 is 22.8 Å². The zero-order valence-electron chi connectivity index (χ0n) is 11.6. The molecule has 6 nitrogen and oxygen atoms in total. The molecule has 1 N–H and O–H groups in total. The van der Waals surface area contributed by atoms with Gasteiger partial charge in [0.2, 0.25) is 15.9 Å². The summed E-state index contributed by atoms with van der Waals surface area (Å²) < 4.78 is 66.7. The van der Waals surface area contributed by atoms with Gasteiger partial charge < -0.3 is 10.1 Å². The van der Waals surface area contributed by atoms with Crippen LogP contribution in [0.2, 0.25) is 0 Å². The van der Waals surface area contributed by atoms with Crippen molar-refractivity contribution in [2.24, 2.45) is 0 Å². The van der Waals surface area contributed by atoms with E-state index in [0.717, 1.165) is 18.8 Å². The van der Waals surface area contributed by atoms with Gasteiger partial charge in [0.25, 0.3) is 0 Å². The topological polar surface area (TPSA) is 71.5 Å². The SMILES string of the molecule is O=S(=O)(c1ccc(OCC(F)(F)F)nc1)N1CCCNCC1. The zero-order chi connectivity index (χ0) is 16.2. The van der Waals surface area contributed by atoms with E-state index >= 15 is 0 Å². The van der Waals surface area contributed by atoms with Crippen LogP contribution in [0.5, 0.6) is 5.88 Å². The van der Waals surface area contributed by atoms with Crippen LogP contribution in [0.15, 0.2) is 23.2 Å². The van der Waals surface area contributed by atoms with E-state index in [1.807, 2.05) is 0 Å². The van der Waals surface area contributed by atoms with Crippen LogP contribution in [0.3, 0.4) is 0 Å². The number of hydrogen-bond donors (Lipinski definition) is 1. The van der Waals surface area contributed by atoms with Crippen molar-refractivity contribution < 1.29 is 26.3 Å². The molecule has 0 aromatic carbocycles. The highest BCUT2D eigenvalue weighted by molar-refractivity contribution is 7.89. The first-order chi connectivity index (χ1) is 10.3. The molecule has 0 spiro atoms. The number of hydrogen-bond acceptors (Lipinski definition) is 5. The van der Waals surface area contributed by atoms with E-state index in [4.69, 9.17) is 0 Å². The minimum atomic E-state index is -4.47. The summed E-state index contributed by atoms with van der Waals surface area (Å²) in [6.45, 7) is 0.564. The second-order valence-corrected chi connectivity index (χ2v) is 6.68. The second-order valence-electron chi connectivity index (χ2n) is 4.74. The lowest BCUT2D eigenvalue weighted by Crippen LogP contribution is -2.34. The Bertz CT molecular complexity index is 582. The fourth-order valence-electron chi connectivity index (χ4n) is 1.97. The van der Waals surface area contributed by atoms with E-state index in [9.17, 15) is 21.6 Å². The van der Waals surface area contributed by atoms with Gasteiger partial charge in [0, 0.05) is 25.7 Å². The van der Waals surface area contributed by atoms with Gasteiger partial charge >= 0.3 is 6.18 Å². The first-order valence-electron chi connectivity index (χ1n) is 6.65. The van der Waals surface area contributed by atoms with Gasteiger partial charge in [0.15, 0.2) is 6.61 Å². The summed E-state index contributed by atoms with van der Waals surface area (Å²) >= 11 is 0. The number of halogens is 3. The molecule has 1 fully saturated rings. The number of sulfonamides is 1. The monoisotopic (exact) mass is 339 g/mol. The maximum atomic E-state index is 12.4. The second kappa shape index (κ2) is 6.80. The number of nitrogens with one attached hydrogen (secondary N) is 1. The summed E-state index contributed by atoms with van der Waals surface area (Å²) in [5, 5.41) is 3.09. The molecule has 0 saturated carbocycles. The molecule has 0 radical (unpaired) electrons. The number of pyridine rings is 1. The number of nitrogens with zero attached hydrogens (tertiary/aromatic N) is 2. The van der Waals surface area contributed by atoms with Crippen LogP contribution >= 0.6 is 0 Å². The number of ether oxygens (including phenoxy) is 1. The van der Waals surface area contributed by atoms with Crippen LogP contribution in [-0.2, 0) is 10.0 Å². The van der Waals surface area contributed by atoms with Gasteiger partial charge in [-0.1, -0.05) is 0 Å². The smallest absolute Gasteiger partial charge is 0.422 e. The lowest BCUT2D eigenvalue weighted by atomic mass is 10.4. The van der Waals surface area contributed by atoms with Crippen molar-refractivity contribution in [3.05, 3.63) is 18.3 Å². The van der Waals surface area contributed by atoms with Gasteiger partial charge in [-0.15, -0.1) is 0 Å². The lowest BCUT2D eigenvalue weighted by Gasteiger charge is -2.19. The Kier molecular flexibility index (Phi) is 5.24. The number of rotatable bonds is 4. The fourth-order valence-corrected chi connectivity index (χ4v) is 3.40. The molecule has 0 atom stereocenters. The van der Waals surface area contributed by atoms with Crippen LogP contribution in [0.1, 0.15) is 6.42 Å². The number of aromatic nitrogens is 1. The maximum absolute atomic E-state index is 12.4. The van der Waals surface area contributed by atoms with E-state index in [1.165, 1.54) is 10.4 Å². The quantitative estimate of drug-likeness (QED) is 0.886. The molecule has 0 amide bonds. The molecule has 124 valence electrons. The van der Waals surface area contributed by atoms with Crippen molar-refractivity contribution in [3.8, 4) is 5.88 Å². The van der Waals surface area contributed by atoms with Gasteiger partial charge in [-0.3, -0.25) is 0 Å². The number of alkyl halides is 3. The van der Waals surface area contributed by atoms with Crippen molar-refractivity contribution in [1.82, 2.24) is 14.6 Å². The molecule has 1 saturated heterocycles. The molecule has 2 rings (SSSR count). The summed E-state index contributed by atoms with van der Waals surface area (Å²) in [7, 11) is -3.69. The molecule has 10 heteroatoms. The Morgan fingerprint density at radius 1 is 1.27 bits per heavy atom. The van der Waals surface area contributed by atoms with Crippen LogP contribution in [0.25, 0.3) is 0 Å². The third-order valence-electron chi connectivity index (χ3n) is 3.03. The molecular formula is C12H16F3N3O3S. The largest absolute Gasteiger partial charge is 0.468 e. The predicted octanol–water partition coefficient (Wildman–Crippen LogP) is 1.01. The standard InChI is InChI=1S/C12H16F3N3O3S/c13-12(14,15)9-21-11-3-2-10(8-17-11)22(19,20)18-6-1-4-16-5-7-18/h2-3,8,16H,1,4-7,9H2. The first kappa shape index (κ1) is 17.0. The molecule has 1 aliphatic rings. The van der Waals surface area contributed by atoms with Crippen LogP contribution in [-0.4, -0.2) is 56.7 Å². The molecule has 1 aromatic rings. The minimum Gasteiger partial charge on any atom is -0.468 e. The van der Waals surface area contributed by atoms with E-state index in [2.05, 4.69) is 15.0 Å². The van der Waals surface area contributed by atoms with Crippen molar-refractivity contribution in [2.45, 2.75) is 17.5 Å². The normalized spacial score (nSPS) is 18.0. The Balaban J connectivity index is 2.08. The summed E-state index contributed by atoms with van der Waals surface area (Å²) in [4.78, 5) is 3.56. The highest BCUT2D eigenvalue weighted by Crippen LogP contribution is 2.20. The van der Waals surface area contributed by atoms with Gasteiger partial charge in [-0.25, -0.2) is 13.4 Å². The van der Waals surface area contributed by atoms with Crippen LogP contribution in [0, 0.1) is 0 Å². The van der Waals surface area contributed by atoms with E-state index in [1.54, 1.807) is 0 Å². The Hall–Kier alpha value is -1.39. The summed E-state index contributed by atoms with van der Waals surface area (Å²) in [6.07, 6.45) is -2.76. The van der Waals surface area contributed by atoms with E-state index in [0.29, 0.717) is 26.1 Å². The lowest BCUT2D eigenvalue weighted by molar-refractivity contribution is -0.154. The Morgan fingerprint density at radius 2 is 2.05 bits per heavy atom. The summed E-state index contributed by atoms with van der Waals surface area (Å²) in [5.74, 6) is -0.270. The Morgan fingerprint density at radius 3 is 2.68 bits per heavy atom. The molecular weight excluding hydrogens is 323 g/mol. The molecule has 2 heterocycles. The third kappa shape index (κ3) is 4.55. The highest BCUT2D eigenvalue weighted by Gasteiger charge is 2.29. The highest BCUT2D eigenvalue weighted by atomic mass is 32.2. The average molecular weight is 339 g/mol.